The zero-order valence-electron chi connectivity index (χ0n) is 12.7. The fourth-order valence-corrected chi connectivity index (χ4v) is 1.74. The summed E-state index contributed by atoms with van der Waals surface area (Å²) in [6.45, 7) is 4.14. The van der Waals surface area contributed by atoms with Gasteiger partial charge in [0.05, 0.1) is 6.61 Å². The average Bonchev–Trinajstić information content (AvgIpc) is 2.46. The lowest BCUT2D eigenvalue weighted by Crippen LogP contribution is -2.40. The van der Waals surface area contributed by atoms with Gasteiger partial charge in [0, 0.05) is 22.6 Å². The maximum absolute atomic E-state index is 11.6. The maximum Gasteiger partial charge on any atom is 0.408 e. The number of halogens is 1. The Labute approximate surface area is 140 Å². The van der Waals surface area contributed by atoms with Crippen LogP contribution in [0.4, 0.5) is 4.79 Å². The van der Waals surface area contributed by atoms with Gasteiger partial charge in [0.2, 0.25) is 0 Å². The minimum atomic E-state index is -0.717. The monoisotopic (exact) mass is 409 g/mol. The molecule has 0 aliphatic heterocycles. The van der Waals surface area contributed by atoms with E-state index in [2.05, 4.69) is 22.1 Å². The largest absolute Gasteiger partial charge is 0.464 e. The highest BCUT2D eigenvalue weighted by Gasteiger charge is 2.17. The van der Waals surface area contributed by atoms with Crippen LogP contribution < -0.4 is 5.32 Å². The van der Waals surface area contributed by atoms with Crippen LogP contribution in [0.25, 0.3) is 0 Å². The van der Waals surface area contributed by atoms with Crippen LogP contribution in [0.3, 0.4) is 0 Å². The van der Waals surface area contributed by atoms with Crippen LogP contribution in [0.1, 0.15) is 52.4 Å². The van der Waals surface area contributed by atoms with Gasteiger partial charge in [-0.25, -0.2) is 9.59 Å². The summed E-state index contributed by atoms with van der Waals surface area (Å²) in [6.07, 6.45) is 6.13. The molecule has 0 aliphatic carbocycles. The molecule has 0 fully saturated rings. The molecule has 0 spiro atoms. The number of rotatable bonds is 10. The van der Waals surface area contributed by atoms with Gasteiger partial charge in [0.1, 0.15) is 6.04 Å². The standard InChI is InChI=1S/C15H24INO4/c1-3-4-5-6-7-8-11-20-14(18)13(2)17-15(19)21-12-9-10-16/h13H,3-8,11-12H2,1-2H3,(H,17,19)/t13-/m0/s1. The SMILES string of the molecule is CCCCCCCCOC(=O)[C@H](C)NC(=O)OCC#CI. The van der Waals surface area contributed by atoms with Gasteiger partial charge in [-0.15, -0.1) is 0 Å². The van der Waals surface area contributed by atoms with Crippen molar-refractivity contribution in [3.05, 3.63) is 0 Å². The summed E-state index contributed by atoms with van der Waals surface area (Å²) in [5.74, 6) is 2.14. The van der Waals surface area contributed by atoms with Crippen LogP contribution in [-0.4, -0.2) is 31.3 Å². The molecule has 0 unspecified atom stereocenters. The molecule has 0 radical (unpaired) electrons. The molecular formula is C15H24INO4. The van der Waals surface area contributed by atoms with Crippen molar-refractivity contribution in [3.63, 3.8) is 0 Å². The first-order chi connectivity index (χ1) is 10.1. The van der Waals surface area contributed by atoms with Crippen molar-refractivity contribution in [2.24, 2.45) is 0 Å². The molecule has 1 atom stereocenters. The van der Waals surface area contributed by atoms with Crippen molar-refractivity contribution < 1.29 is 19.1 Å². The van der Waals surface area contributed by atoms with Crippen molar-refractivity contribution in [2.45, 2.75) is 58.4 Å². The van der Waals surface area contributed by atoms with Crippen molar-refractivity contribution in [1.82, 2.24) is 5.32 Å². The van der Waals surface area contributed by atoms with E-state index in [1.54, 1.807) is 6.92 Å². The average molecular weight is 409 g/mol. The highest BCUT2D eigenvalue weighted by molar-refractivity contribution is 14.1. The second-order valence-corrected chi connectivity index (χ2v) is 5.19. The molecule has 120 valence electrons. The molecule has 0 aromatic rings. The van der Waals surface area contributed by atoms with Gasteiger partial charge >= 0.3 is 12.1 Å². The van der Waals surface area contributed by atoms with Gasteiger partial charge < -0.3 is 14.8 Å². The Balaban J connectivity index is 3.64. The number of hydrogen-bond donors (Lipinski definition) is 1. The minimum Gasteiger partial charge on any atom is -0.464 e. The molecule has 0 rings (SSSR count). The minimum absolute atomic E-state index is 0.00824. The van der Waals surface area contributed by atoms with Crippen LogP contribution in [0, 0.1) is 9.85 Å². The molecular weight excluding hydrogens is 385 g/mol. The van der Waals surface area contributed by atoms with Crippen molar-refractivity contribution in [1.29, 1.82) is 0 Å². The Hall–Kier alpha value is -0.970. The molecule has 21 heavy (non-hydrogen) atoms. The lowest BCUT2D eigenvalue weighted by molar-refractivity contribution is -0.145. The van der Waals surface area contributed by atoms with Gasteiger partial charge in [-0.2, -0.15) is 0 Å². The van der Waals surface area contributed by atoms with Gasteiger partial charge in [0.15, 0.2) is 6.61 Å². The Morgan fingerprint density at radius 3 is 2.48 bits per heavy atom. The molecule has 0 heterocycles. The fourth-order valence-electron chi connectivity index (χ4n) is 1.59. The molecule has 5 nitrogen and oxygen atoms in total. The van der Waals surface area contributed by atoms with Crippen LogP contribution in [0.15, 0.2) is 0 Å². The molecule has 0 aromatic heterocycles. The number of unbranched alkanes of at least 4 members (excludes halogenated alkanes) is 5. The lowest BCUT2D eigenvalue weighted by atomic mass is 10.1. The van der Waals surface area contributed by atoms with Crippen molar-refractivity contribution in [3.8, 4) is 9.85 Å². The van der Waals surface area contributed by atoms with Crippen LogP contribution >= 0.6 is 22.6 Å². The Bertz CT molecular complexity index is 362. The van der Waals surface area contributed by atoms with E-state index in [9.17, 15) is 9.59 Å². The number of nitrogens with one attached hydrogen (secondary N) is 1. The summed E-state index contributed by atoms with van der Waals surface area (Å²) in [7, 11) is 0. The van der Waals surface area contributed by atoms with E-state index >= 15 is 0 Å². The third-order valence-electron chi connectivity index (χ3n) is 2.77. The van der Waals surface area contributed by atoms with E-state index in [0.717, 1.165) is 12.8 Å². The van der Waals surface area contributed by atoms with E-state index in [1.165, 1.54) is 25.7 Å². The lowest BCUT2D eigenvalue weighted by Gasteiger charge is -2.12. The highest BCUT2D eigenvalue weighted by Crippen LogP contribution is 2.05. The maximum atomic E-state index is 11.6. The zero-order chi connectivity index (χ0) is 15.9. The summed E-state index contributed by atoms with van der Waals surface area (Å²) in [5, 5.41) is 2.40. The molecule has 0 aromatic carbocycles. The highest BCUT2D eigenvalue weighted by atomic mass is 127. The second kappa shape index (κ2) is 14.0. The molecule has 1 N–H and O–H groups in total. The van der Waals surface area contributed by atoms with Crippen LogP contribution in [-0.2, 0) is 14.3 Å². The summed E-state index contributed by atoms with van der Waals surface area (Å²) < 4.78 is 12.4. The first kappa shape index (κ1) is 20.0. The molecule has 0 saturated heterocycles. The number of ether oxygens (including phenoxy) is 2. The van der Waals surface area contributed by atoms with E-state index in [4.69, 9.17) is 9.47 Å². The number of alkyl carbamates (subject to hydrolysis) is 1. The number of carbonyl (C=O) groups excluding carboxylic acids is 2. The van der Waals surface area contributed by atoms with Gasteiger partial charge in [0.25, 0.3) is 0 Å². The second-order valence-electron chi connectivity index (χ2n) is 4.65. The quantitative estimate of drug-likeness (QED) is 0.260. The first-order valence-corrected chi connectivity index (χ1v) is 8.38. The van der Waals surface area contributed by atoms with Gasteiger partial charge in [-0.1, -0.05) is 44.9 Å². The summed E-state index contributed by atoms with van der Waals surface area (Å²) >= 11 is 1.85. The predicted molar refractivity (Wildman–Crippen MR) is 90.1 cm³/mol. The number of esters is 1. The normalized spacial score (nSPS) is 11.0. The number of hydrogen-bond acceptors (Lipinski definition) is 4. The van der Waals surface area contributed by atoms with E-state index in [1.807, 2.05) is 22.6 Å². The van der Waals surface area contributed by atoms with E-state index in [-0.39, 0.29) is 6.61 Å². The Kier molecular flexibility index (Phi) is 13.3. The molecule has 0 aliphatic rings. The number of carbonyl (C=O) groups is 2. The summed E-state index contributed by atoms with van der Waals surface area (Å²) in [5.41, 5.74) is 0. The van der Waals surface area contributed by atoms with E-state index in [0.29, 0.717) is 6.61 Å². The first-order valence-electron chi connectivity index (χ1n) is 7.30. The smallest absolute Gasteiger partial charge is 0.408 e. The molecule has 0 bridgehead atoms. The Morgan fingerprint density at radius 2 is 1.81 bits per heavy atom. The molecule has 6 heteroatoms. The van der Waals surface area contributed by atoms with E-state index < -0.39 is 18.1 Å². The molecule has 1 amide bonds. The third kappa shape index (κ3) is 12.5. The Morgan fingerprint density at radius 1 is 1.14 bits per heavy atom. The summed E-state index contributed by atoms with van der Waals surface area (Å²) in [6, 6.07) is -0.717. The fraction of sp³-hybridized carbons (Fsp3) is 0.733. The van der Waals surface area contributed by atoms with Gasteiger partial charge in [-0.3, -0.25) is 0 Å². The third-order valence-corrected chi connectivity index (χ3v) is 3.15. The molecule has 0 saturated carbocycles. The summed E-state index contributed by atoms with van der Waals surface area (Å²) in [4.78, 5) is 22.9. The van der Waals surface area contributed by atoms with Crippen molar-refractivity contribution >= 4 is 34.7 Å². The number of amides is 1. The predicted octanol–water partition coefficient (Wildman–Crippen LogP) is 3.40. The van der Waals surface area contributed by atoms with Crippen LogP contribution in [0.5, 0.6) is 0 Å². The topological polar surface area (TPSA) is 64.6 Å². The van der Waals surface area contributed by atoms with Gasteiger partial charge in [-0.05, 0) is 17.3 Å². The zero-order valence-corrected chi connectivity index (χ0v) is 14.9. The van der Waals surface area contributed by atoms with Crippen molar-refractivity contribution in [2.75, 3.05) is 13.2 Å². The van der Waals surface area contributed by atoms with Crippen LogP contribution in [0.2, 0.25) is 0 Å².